The first kappa shape index (κ1) is 13.5. The Morgan fingerprint density at radius 3 is 3.00 bits per heavy atom. The van der Waals surface area contributed by atoms with E-state index in [9.17, 15) is 9.59 Å². The van der Waals surface area contributed by atoms with E-state index in [1.165, 1.54) is 11.3 Å². The number of rotatable bonds is 6. The molecule has 19 heavy (non-hydrogen) atoms. The summed E-state index contributed by atoms with van der Waals surface area (Å²) in [5.74, 6) is -1.31. The molecule has 0 saturated heterocycles. The summed E-state index contributed by atoms with van der Waals surface area (Å²) in [5.41, 5.74) is 0.644. The predicted octanol–water partition coefficient (Wildman–Crippen LogP) is 1.31. The first-order valence-electron chi connectivity index (χ1n) is 6.03. The van der Waals surface area contributed by atoms with Crippen LogP contribution in [0.3, 0.4) is 0 Å². The minimum Gasteiger partial charge on any atom is -0.480 e. The minimum absolute atomic E-state index is 0.0991. The lowest BCUT2D eigenvalue weighted by Crippen LogP contribution is -2.41. The van der Waals surface area contributed by atoms with Crippen LogP contribution < -0.4 is 5.32 Å². The molecular weight excluding hydrogens is 266 g/mol. The molecule has 7 heteroatoms. The third-order valence-corrected chi connectivity index (χ3v) is 3.47. The van der Waals surface area contributed by atoms with Crippen LogP contribution in [0.2, 0.25) is 0 Å². The number of carbonyl (C=O) groups is 2. The Morgan fingerprint density at radius 1 is 1.58 bits per heavy atom. The Bertz CT molecular complexity index is 561. The van der Waals surface area contributed by atoms with Crippen molar-refractivity contribution >= 4 is 28.2 Å². The molecule has 2 aromatic heterocycles. The highest BCUT2D eigenvalue weighted by molar-refractivity contribution is 7.15. The summed E-state index contributed by atoms with van der Waals surface area (Å²) in [7, 11) is 0. The summed E-state index contributed by atoms with van der Waals surface area (Å²) in [5, 5.41) is 13.4. The van der Waals surface area contributed by atoms with Crippen molar-refractivity contribution in [2.75, 3.05) is 0 Å². The Labute approximate surface area is 114 Å². The third-order valence-electron chi connectivity index (χ3n) is 2.70. The maximum Gasteiger partial charge on any atom is 0.326 e. The molecule has 2 N–H and O–H groups in total. The predicted molar refractivity (Wildman–Crippen MR) is 71.2 cm³/mol. The molecule has 0 aromatic carbocycles. The summed E-state index contributed by atoms with van der Waals surface area (Å²) < 4.78 is 1.84. The fraction of sp³-hybridized carbons (Fsp3) is 0.417. The number of fused-ring (bicyclic) bond motifs is 1. The van der Waals surface area contributed by atoms with Gasteiger partial charge in [0.15, 0.2) is 4.96 Å². The molecule has 6 nitrogen and oxygen atoms in total. The number of carbonyl (C=O) groups excluding carboxylic acids is 1. The lowest BCUT2D eigenvalue weighted by Gasteiger charge is -2.12. The zero-order valence-corrected chi connectivity index (χ0v) is 11.3. The van der Waals surface area contributed by atoms with Crippen molar-refractivity contribution in [1.29, 1.82) is 0 Å². The number of aliphatic carboxylic acids is 1. The van der Waals surface area contributed by atoms with Gasteiger partial charge in [0.25, 0.3) is 0 Å². The van der Waals surface area contributed by atoms with E-state index in [4.69, 9.17) is 5.11 Å². The van der Waals surface area contributed by atoms with Gasteiger partial charge in [-0.15, -0.1) is 11.3 Å². The molecule has 0 aliphatic rings. The molecular formula is C12H15N3O3S. The first-order valence-corrected chi connectivity index (χ1v) is 6.91. The van der Waals surface area contributed by atoms with Gasteiger partial charge in [-0.3, -0.25) is 9.20 Å². The van der Waals surface area contributed by atoms with Gasteiger partial charge in [-0.05, 0) is 6.42 Å². The van der Waals surface area contributed by atoms with Gasteiger partial charge in [0.05, 0.1) is 12.1 Å². The Morgan fingerprint density at radius 2 is 2.37 bits per heavy atom. The Kier molecular flexibility index (Phi) is 4.16. The van der Waals surface area contributed by atoms with Crippen LogP contribution in [-0.4, -0.2) is 32.4 Å². The molecule has 0 aliphatic heterocycles. The van der Waals surface area contributed by atoms with Gasteiger partial charge < -0.3 is 10.4 Å². The molecule has 102 valence electrons. The number of carboxylic acids is 1. The number of hydrogen-bond donors (Lipinski definition) is 2. The van der Waals surface area contributed by atoms with Gasteiger partial charge in [0.1, 0.15) is 6.04 Å². The first-order chi connectivity index (χ1) is 9.10. The van der Waals surface area contributed by atoms with Crippen molar-refractivity contribution in [2.45, 2.75) is 32.2 Å². The monoisotopic (exact) mass is 281 g/mol. The molecule has 2 heterocycles. The number of nitrogens with one attached hydrogen (secondary N) is 1. The average Bonchev–Trinajstić information content (AvgIpc) is 2.88. The van der Waals surface area contributed by atoms with Crippen molar-refractivity contribution in [1.82, 2.24) is 14.7 Å². The van der Waals surface area contributed by atoms with E-state index in [2.05, 4.69) is 10.3 Å². The van der Waals surface area contributed by atoms with E-state index in [0.717, 1.165) is 4.96 Å². The van der Waals surface area contributed by atoms with Crippen LogP contribution in [0.25, 0.3) is 4.96 Å². The lowest BCUT2D eigenvalue weighted by atomic mass is 10.1. The molecule has 2 rings (SSSR count). The summed E-state index contributed by atoms with van der Waals surface area (Å²) >= 11 is 1.49. The van der Waals surface area contributed by atoms with E-state index < -0.39 is 12.0 Å². The molecule has 2 aromatic rings. The molecule has 0 radical (unpaired) electrons. The smallest absolute Gasteiger partial charge is 0.326 e. The third kappa shape index (κ3) is 3.31. The fourth-order valence-electron chi connectivity index (χ4n) is 1.82. The van der Waals surface area contributed by atoms with Crippen LogP contribution in [0.1, 0.15) is 25.5 Å². The summed E-state index contributed by atoms with van der Waals surface area (Å²) in [6.07, 6.45) is 4.88. The lowest BCUT2D eigenvalue weighted by molar-refractivity contribution is -0.141. The number of carboxylic acid groups (broad SMARTS) is 1. The van der Waals surface area contributed by atoms with E-state index in [-0.39, 0.29) is 12.3 Å². The summed E-state index contributed by atoms with van der Waals surface area (Å²) in [6, 6.07) is -0.818. The second kappa shape index (κ2) is 5.83. The van der Waals surface area contributed by atoms with Gasteiger partial charge >= 0.3 is 5.97 Å². The zero-order valence-electron chi connectivity index (χ0n) is 10.5. The minimum atomic E-state index is -0.999. The van der Waals surface area contributed by atoms with Crippen LogP contribution >= 0.6 is 11.3 Å². The molecule has 0 aliphatic carbocycles. The van der Waals surface area contributed by atoms with Crippen LogP contribution in [0.15, 0.2) is 17.8 Å². The number of amides is 1. The SMILES string of the molecule is CCC[C@@H](NC(=O)Cc1cn2ccsc2n1)C(=O)O. The van der Waals surface area contributed by atoms with Crippen molar-refractivity contribution in [2.24, 2.45) is 0 Å². The van der Waals surface area contributed by atoms with Crippen LogP contribution in [0.4, 0.5) is 0 Å². The maximum atomic E-state index is 11.8. The highest BCUT2D eigenvalue weighted by Gasteiger charge is 2.19. The van der Waals surface area contributed by atoms with Crippen molar-refractivity contribution < 1.29 is 14.7 Å². The molecule has 0 unspecified atom stereocenters. The van der Waals surface area contributed by atoms with Crippen molar-refractivity contribution in [3.05, 3.63) is 23.5 Å². The highest BCUT2D eigenvalue weighted by Crippen LogP contribution is 2.11. The van der Waals surface area contributed by atoms with Gasteiger partial charge in [-0.25, -0.2) is 9.78 Å². The van der Waals surface area contributed by atoms with Crippen molar-refractivity contribution in [3.8, 4) is 0 Å². The molecule has 0 fully saturated rings. The van der Waals surface area contributed by atoms with E-state index in [1.807, 2.05) is 22.9 Å². The zero-order chi connectivity index (χ0) is 13.8. The van der Waals surface area contributed by atoms with E-state index in [1.54, 1.807) is 6.20 Å². The molecule has 1 atom stereocenters. The number of hydrogen-bond acceptors (Lipinski definition) is 4. The summed E-state index contributed by atoms with van der Waals surface area (Å²) in [4.78, 5) is 27.8. The summed E-state index contributed by atoms with van der Waals surface area (Å²) in [6.45, 7) is 1.88. The normalized spacial score (nSPS) is 12.5. The highest BCUT2D eigenvalue weighted by atomic mass is 32.1. The maximum absolute atomic E-state index is 11.8. The number of nitrogens with zero attached hydrogens (tertiary/aromatic N) is 2. The second-order valence-electron chi connectivity index (χ2n) is 4.25. The quantitative estimate of drug-likeness (QED) is 0.836. The van der Waals surface area contributed by atoms with Gasteiger partial charge in [-0.2, -0.15) is 0 Å². The van der Waals surface area contributed by atoms with E-state index >= 15 is 0 Å². The van der Waals surface area contributed by atoms with Crippen molar-refractivity contribution in [3.63, 3.8) is 0 Å². The van der Waals surface area contributed by atoms with Gasteiger partial charge in [0, 0.05) is 17.8 Å². The van der Waals surface area contributed by atoms with E-state index in [0.29, 0.717) is 18.5 Å². The van der Waals surface area contributed by atoms with Crippen LogP contribution in [0, 0.1) is 0 Å². The Balaban J connectivity index is 1.96. The van der Waals surface area contributed by atoms with Crippen LogP contribution in [-0.2, 0) is 16.0 Å². The van der Waals surface area contributed by atoms with Gasteiger partial charge in [0.2, 0.25) is 5.91 Å². The topological polar surface area (TPSA) is 83.7 Å². The number of imidazole rings is 1. The second-order valence-corrected chi connectivity index (χ2v) is 5.12. The largest absolute Gasteiger partial charge is 0.480 e. The fourth-order valence-corrected chi connectivity index (χ4v) is 2.54. The molecule has 0 bridgehead atoms. The van der Waals surface area contributed by atoms with Gasteiger partial charge in [-0.1, -0.05) is 13.3 Å². The number of thiazole rings is 1. The number of aromatic nitrogens is 2. The standard InChI is InChI=1S/C12H15N3O3S/c1-2-3-9(11(17)18)14-10(16)6-8-7-15-4-5-19-12(15)13-8/h4-5,7,9H,2-3,6H2,1H3,(H,14,16)(H,17,18)/t9-/m1/s1. The molecule has 1 amide bonds. The molecule has 0 spiro atoms. The Hall–Kier alpha value is -1.89. The molecule has 0 saturated carbocycles. The van der Waals surface area contributed by atoms with Crippen LogP contribution in [0.5, 0.6) is 0 Å². The average molecular weight is 281 g/mol.